The summed E-state index contributed by atoms with van der Waals surface area (Å²) in [6, 6.07) is 20.1. The van der Waals surface area contributed by atoms with Crippen LogP contribution in [0.25, 0.3) is 10.8 Å². The molecule has 35 heavy (non-hydrogen) atoms. The Bertz CT molecular complexity index is 1410. The third-order valence-electron chi connectivity index (χ3n) is 6.16. The van der Waals surface area contributed by atoms with E-state index in [0.717, 1.165) is 10.8 Å². The van der Waals surface area contributed by atoms with Crippen LogP contribution in [0, 0.1) is 11.3 Å². The highest BCUT2D eigenvalue weighted by atomic mass is 32.2. The van der Waals surface area contributed by atoms with E-state index in [1.807, 2.05) is 24.3 Å². The van der Waals surface area contributed by atoms with Gasteiger partial charge in [0.2, 0.25) is 21.8 Å². The molecule has 0 saturated carbocycles. The first-order chi connectivity index (χ1) is 16.8. The van der Waals surface area contributed by atoms with Crippen molar-refractivity contribution in [2.24, 2.45) is 0 Å². The number of hydrogen-bond acceptors (Lipinski definition) is 5. The predicted molar refractivity (Wildman–Crippen MR) is 132 cm³/mol. The molecule has 0 aromatic heterocycles. The third-order valence-corrected chi connectivity index (χ3v) is 7.63. The minimum atomic E-state index is -4.02. The van der Waals surface area contributed by atoms with Gasteiger partial charge in [0.05, 0.1) is 16.5 Å². The number of fused-ring (bicyclic) bond motifs is 1. The summed E-state index contributed by atoms with van der Waals surface area (Å²) in [5.74, 6) is -0.418. The van der Waals surface area contributed by atoms with Gasteiger partial charge in [-0.1, -0.05) is 42.5 Å². The summed E-state index contributed by atoms with van der Waals surface area (Å²) in [4.78, 5) is 28.5. The fourth-order valence-electron chi connectivity index (χ4n) is 4.23. The Morgan fingerprint density at radius 3 is 2.31 bits per heavy atom. The average molecular weight is 491 g/mol. The molecule has 1 saturated heterocycles. The van der Waals surface area contributed by atoms with Crippen molar-refractivity contribution in [3.05, 3.63) is 77.9 Å². The fourth-order valence-corrected chi connectivity index (χ4v) is 5.46. The van der Waals surface area contributed by atoms with Gasteiger partial charge >= 0.3 is 0 Å². The zero-order chi connectivity index (χ0) is 25.0. The van der Waals surface area contributed by atoms with Crippen LogP contribution in [0.1, 0.15) is 18.1 Å². The monoisotopic (exact) mass is 490 g/mol. The standard InChI is InChI=1S/C26H26N4O4S/c1-19(31)29-11-13-30(14-12-29)26(32)25(16-20-5-4-6-21(15-20)18-27)28-35(33,34)24-10-9-22-7-2-3-8-23(22)17-24/h2-10,15,17,25,28H,11-14,16H2,1H3/t25-/m0/s1. The molecule has 2 amide bonds. The van der Waals surface area contributed by atoms with E-state index in [1.54, 1.807) is 46.2 Å². The molecule has 3 aromatic rings. The topological polar surface area (TPSA) is 111 Å². The van der Waals surface area contributed by atoms with Crippen molar-refractivity contribution >= 4 is 32.6 Å². The maximum Gasteiger partial charge on any atom is 0.241 e. The summed E-state index contributed by atoms with van der Waals surface area (Å²) in [5.41, 5.74) is 1.10. The SMILES string of the molecule is CC(=O)N1CCN(C(=O)[C@H](Cc2cccc(C#N)c2)NS(=O)(=O)c2ccc3ccccc3c2)CC1. The molecular weight excluding hydrogens is 464 g/mol. The molecular formula is C26H26N4O4S. The third kappa shape index (κ3) is 5.67. The number of benzene rings is 3. The molecule has 1 atom stereocenters. The number of sulfonamides is 1. The predicted octanol–water partition coefficient (Wildman–Crippen LogP) is 2.29. The van der Waals surface area contributed by atoms with Gasteiger partial charge in [-0.25, -0.2) is 8.42 Å². The number of nitriles is 1. The van der Waals surface area contributed by atoms with Gasteiger partial charge in [0.25, 0.3) is 0 Å². The van der Waals surface area contributed by atoms with Crippen LogP contribution in [0.2, 0.25) is 0 Å². The van der Waals surface area contributed by atoms with Gasteiger partial charge in [0.1, 0.15) is 6.04 Å². The van der Waals surface area contributed by atoms with Gasteiger partial charge in [0, 0.05) is 33.1 Å². The van der Waals surface area contributed by atoms with Gasteiger partial charge in [-0.05, 0) is 47.0 Å². The molecule has 9 heteroatoms. The number of carbonyl (C=O) groups excluding carboxylic acids is 2. The van der Waals surface area contributed by atoms with E-state index in [4.69, 9.17) is 0 Å². The van der Waals surface area contributed by atoms with Crippen molar-refractivity contribution < 1.29 is 18.0 Å². The average Bonchev–Trinajstić information content (AvgIpc) is 2.87. The smallest absolute Gasteiger partial charge is 0.241 e. The Morgan fingerprint density at radius 1 is 0.943 bits per heavy atom. The number of piperazine rings is 1. The van der Waals surface area contributed by atoms with Crippen molar-refractivity contribution in [3.8, 4) is 6.07 Å². The molecule has 0 aliphatic carbocycles. The van der Waals surface area contributed by atoms with Crippen LogP contribution in [0.3, 0.4) is 0 Å². The highest BCUT2D eigenvalue weighted by molar-refractivity contribution is 7.89. The molecule has 1 aliphatic rings. The van der Waals surface area contributed by atoms with Crippen molar-refractivity contribution in [1.82, 2.24) is 14.5 Å². The summed E-state index contributed by atoms with van der Waals surface area (Å²) in [6.45, 7) is 2.93. The van der Waals surface area contributed by atoms with E-state index in [2.05, 4.69) is 10.8 Å². The van der Waals surface area contributed by atoms with Crippen LogP contribution >= 0.6 is 0 Å². The zero-order valence-electron chi connectivity index (χ0n) is 19.3. The molecule has 1 fully saturated rings. The number of amides is 2. The molecule has 0 unspecified atom stereocenters. The van der Waals surface area contributed by atoms with Gasteiger partial charge in [0.15, 0.2) is 0 Å². The molecule has 1 aliphatic heterocycles. The molecule has 0 radical (unpaired) electrons. The molecule has 1 heterocycles. The summed E-state index contributed by atoms with van der Waals surface area (Å²) >= 11 is 0. The molecule has 3 aromatic carbocycles. The maximum absolute atomic E-state index is 13.5. The summed E-state index contributed by atoms with van der Waals surface area (Å²) in [5, 5.41) is 10.9. The highest BCUT2D eigenvalue weighted by Gasteiger charge is 2.32. The first-order valence-electron chi connectivity index (χ1n) is 11.3. The normalized spacial score (nSPS) is 15.0. The lowest BCUT2D eigenvalue weighted by Crippen LogP contribution is -2.56. The number of rotatable bonds is 6. The van der Waals surface area contributed by atoms with Gasteiger partial charge < -0.3 is 9.80 Å². The Balaban J connectivity index is 1.61. The van der Waals surface area contributed by atoms with E-state index < -0.39 is 16.1 Å². The van der Waals surface area contributed by atoms with Gasteiger partial charge in [-0.15, -0.1) is 0 Å². The lowest BCUT2D eigenvalue weighted by molar-refractivity contribution is -0.139. The minimum Gasteiger partial charge on any atom is -0.339 e. The number of hydrogen-bond donors (Lipinski definition) is 1. The molecule has 1 N–H and O–H groups in total. The van der Waals surface area contributed by atoms with E-state index >= 15 is 0 Å². The van der Waals surface area contributed by atoms with Crippen molar-refractivity contribution in [2.45, 2.75) is 24.3 Å². The molecule has 180 valence electrons. The van der Waals surface area contributed by atoms with Crippen LogP contribution in [0.15, 0.2) is 71.6 Å². The largest absolute Gasteiger partial charge is 0.339 e. The number of carbonyl (C=O) groups is 2. The first-order valence-corrected chi connectivity index (χ1v) is 12.8. The van der Waals surface area contributed by atoms with Crippen LogP contribution in [0.5, 0.6) is 0 Å². The second-order valence-electron chi connectivity index (χ2n) is 8.53. The minimum absolute atomic E-state index is 0.0565. The Kier molecular flexibility index (Phi) is 7.15. The van der Waals surface area contributed by atoms with Crippen molar-refractivity contribution in [3.63, 3.8) is 0 Å². The Hall–Kier alpha value is -3.74. The molecule has 0 spiro atoms. The maximum atomic E-state index is 13.5. The first kappa shape index (κ1) is 24.4. The van der Waals surface area contributed by atoms with Crippen LogP contribution in [-0.2, 0) is 26.0 Å². The van der Waals surface area contributed by atoms with Gasteiger partial charge in [-0.2, -0.15) is 9.98 Å². The van der Waals surface area contributed by atoms with E-state index in [-0.39, 0.29) is 23.1 Å². The Morgan fingerprint density at radius 2 is 1.63 bits per heavy atom. The van der Waals surface area contributed by atoms with Crippen molar-refractivity contribution in [2.75, 3.05) is 26.2 Å². The summed E-state index contributed by atoms with van der Waals surface area (Å²) < 4.78 is 29.3. The zero-order valence-corrected chi connectivity index (χ0v) is 20.2. The molecule has 8 nitrogen and oxygen atoms in total. The lowest BCUT2D eigenvalue weighted by atomic mass is 10.0. The molecule has 0 bridgehead atoms. The summed E-state index contributed by atoms with van der Waals surface area (Å²) in [7, 11) is -4.02. The highest BCUT2D eigenvalue weighted by Crippen LogP contribution is 2.20. The van der Waals surface area contributed by atoms with E-state index in [1.165, 1.54) is 13.0 Å². The van der Waals surface area contributed by atoms with E-state index in [9.17, 15) is 23.3 Å². The Labute approximate surface area is 204 Å². The quantitative estimate of drug-likeness (QED) is 0.570. The number of nitrogens with one attached hydrogen (secondary N) is 1. The van der Waals surface area contributed by atoms with Crippen LogP contribution in [0.4, 0.5) is 0 Å². The summed E-state index contributed by atoms with van der Waals surface area (Å²) in [6.07, 6.45) is 0.0914. The second kappa shape index (κ2) is 10.3. The molecule has 4 rings (SSSR count). The fraction of sp³-hybridized carbons (Fsp3) is 0.269. The lowest BCUT2D eigenvalue weighted by Gasteiger charge is -2.36. The van der Waals surface area contributed by atoms with Crippen LogP contribution < -0.4 is 4.72 Å². The number of nitrogens with zero attached hydrogens (tertiary/aromatic N) is 3. The van der Waals surface area contributed by atoms with Crippen LogP contribution in [-0.4, -0.2) is 62.3 Å². The van der Waals surface area contributed by atoms with Gasteiger partial charge in [-0.3, -0.25) is 9.59 Å². The van der Waals surface area contributed by atoms with Crippen molar-refractivity contribution in [1.29, 1.82) is 5.26 Å². The second-order valence-corrected chi connectivity index (χ2v) is 10.2. The van der Waals surface area contributed by atoms with E-state index in [0.29, 0.717) is 37.3 Å².